The fraction of sp³-hybridized carbons (Fsp3) is 0.429. The van der Waals surface area contributed by atoms with Gasteiger partial charge in [-0.25, -0.2) is 0 Å². The highest BCUT2D eigenvalue weighted by Gasteiger charge is 2.18. The Morgan fingerprint density at radius 1 is 1.64 bits per heavy atom. The molecule has 2 nitrogen and oxygen atoms in total. The van der Waals surface area contributed by atoms with Crippen LogP contribution in [0.25, 0.3) is 0 Å². The van der Waals surface area contributed by atoms with Crippen LogP contribution >= 0.6 is 11.3 Å². The van der Waals surface area contributed by atoms with Gasteiger partial charge in [-0.05, 0) is 19.2 Å². The topological polar surface area (TPSA) is 29.5 Å². The molecule has 0 aromatic carbocycles. The summed E-state index contributed by atoms with van der Waals surface area (Å²) in [6.07, 6.45) is 0.0621. The highest BCUT2D eigenvalue weighted by molar-refractivity contribution is 7.20. The standard InChI is InChI=1S/C7H11BO2S/c1-6(2)10-8(9)7-4-3-5-11-7/h3-6,9H,1-2H3. The first kappa shape index (κ1) is 8.78. The molecule has 11 heavy (non-hydrogen) atoms. The average molecular weight is 170 g/mol. The Morgan fingerprint density at radius 3 is 2.82 bits per heavy atom. The van der Waals surface area contributed by atoms with Crippen LogP contribution in [0.2, 0.25) is 0 Å². The Balaban J connectivity index is 2.49. The van der Waals surface area contributed by atoms with Crippen molar-refractivity contribution in [2.75, 3.05) is 0 Å². The first-order chi connectivity index (χ1) is 5.20. The van der Waals surface area contributed by atoms with E-state index in [-0.39, 0.29) is 6.10 Å². The second kappa shape index (κ2) is 3.90. The summed E-state index contributed by atoms with van der Waals surface area (Å²) in [6.45, 7) is 3.80. The highest BCUT2D eigenvalue weighted by Crippen LogP contribution is 1.98. The van der Waals surface area contributed by atoms with E-state index in [2.05, 4.69) is 0 Å². The maximum Gasteiger partial charge on any atom is 0.501 e. The molecule has 0 fully saturated rings. The number of hydrogen-bond acceptors (Lipinski definition) is 3. The van der Waals surface area contributed by atoms with Crippen molar-refractivity contribution in [3.8, 4) is 0 Å². The van der Waals surface area contributed by atoms with Crippen LogP contribution < -0.4 is 4.78 Å². The second-order valence-corrected chi connectivity index (χ2v) is 3.53. The van der Waals surface area contributed by atoms with Gasteiger partial charge in [0.15, 0.2) is 0 Å². The third-order valence-corrected chi connectivity index (χ3v) is 2.09. The SMILES string of the molecule is CC(C)OB(O)c1cccs1. The Labute approximate surface area is 71.0 Å². The Hall–Kier alpha value is -0.315. The van der Waals surface area contributed by atoms with E-state index in [1.165, 1.54) is 11.3 Å². The summed E-state index contributed by atoms with van der Waals surface area (Å²) in [5.41, 5.74) is 0. The molecule has 0 radical (unpaired) electrons. The van der Waals surface area contributed by atoms with Crippen LogP contribution in [-0.2, 0) is 4.65 Å². The summed E-state index contributed by atoms with van der Waals surface area (Å²) in [7, 11) is -0.755. The molecule has 0 amide bonds. The van der Waals surface area contributed by atoms with Crippen molar-refractivity contribution in [3.05, 3.63) is 17.5 Å². The zero-order chi connectivity index (χ0) is 8.27. The molecule has 0 bridgehead atoms. The molecule has 0 saturated carbocycles. The van der Waals surface area contributed by atoms with Crippen molar-refractivity contribution in [1.29, 1.82) is 0 Å². The quantitative estimate of drug-likeness (QED) is 0.681. The number of thiophene rings is 1. The molecule has 1 N–H and O–H groups in total. The third kappa shape index (κ3) is 2.65. The number of hydrogen-bond donors (Lipinski definition) is 1. The van der Waals surface area contributed by atoms with E-state index < -0.39 is 7.12 Å². The lowest BCUT2D eigenvalue weighted by molar-refractivity contribution is 0.207. The molecule has 4 heteroatoms. The molecule has 0 spiro atoms. The fourth-order valence-electron chi connectivity index (χ4n) is 0.757. The molecule has 1 aromatic rings. The second-order valence-electron chi connectivity index (χ2n) is 2.55. The zero-order valence-electron chi connectivity index (χ0n) is 6.65. The third-order valence-electron chi connectivity index (χ3n) is 1.19. The minimum atomic E-state index is -0.755. The van der Waals surface area contributed by atoms with Gasteiger partial charge in [0.1, 0.15) is 0 Å². The molecule has 0 aliphatic carbocycles. The van der Waals surface area contributed by atoms with E-state index in [4.69, 9.17) is 4.65 Å². The van der Waals surface area contributed by atoms with E-state index in [1.54, 1.807) is 0 Å². The van der Waals surface area contributed by atoms with E-state index in [0.29, 0.717) is 0 Å². The molecule has 1 aromatic heterocycles. The molecule has 0 aliphatic rings. The number of rotatable bonds is 3. The van der Waals surface area contributed by atoms with Crippen molar-refractivity contribution >= 4 is 23.2 Å². The predicted octanol–water partition coefficient (Wildman–Crippen LogP) is 0.861. The van der Waals surface area contributed by atoms with Crippen LogP contribution in [0.3, 0.4) is 0 Å². The Kier molecular flexibility index (Phi) is 3.11. The molecule has 0 saturated heterocycles. The highest BCUT2D eigenvalue weighted by atomic mass is 32.1. The summed E-state index contributed by atoms with van der Waals surface area (Å²) in [6, 6.07) is 3.75. The summed E-state index contributed by atoms with van der Waals surface area (Å²) in [4.78, 5) is 0. The van der Waals surface area contributed by atoms with Gasteiger partial charge in [-0.3, -0.25) is 0 Å². The molecule has 60 valence electrons. The van der Waals surface area contributed by atoms with Crippen molar-refractivity contribution in [2.24, 2.45) is 0 Å². The lowest BCUT2D eigenvalue weighted by Gasteiger charge is -2.08. The monoisotopic (exact) mass is 170 g/mol. The van der Waals surface area contributed by atoms with E-state index in [1.807, 2.05) is 31.4 Å². The van der Waals surface area contributed by atoms with E-state index in [9.17, 15) is 5.02 Å². The van der Waals surface area contributed by atoms with Gasteiger partial charge in [-0.15, -0.1) is 0 Å². The summed E-state index contributed by atoms with van der Waals surface area (Å²) < 4.78 is 6.02. The molecular formula is C7H11BO2S. The Bertz CT molecular complexity index is 198. The van der Waals surface area contributed by atoms with Crippen molar-refractivity contribution in [2.45, 2.75) is 20.0 Å². The van der Waals surface area contributed by atoms with Crippen molar-refractivity contribution < 1.29 is 9.68 Å². The largest absolute Gasteiger partial charge is 0.501 e. The maximum absolute atomic E-state index is 9.37. The van der Waals surface area contributed by atoms with Gasteiger partial charge in [0.2, 0.25) is 0 Å². The van der Waals surface area contributed by atoms with Gasteiger partial charge < -0.3 is 9.68 Å². The Morgan fingerprint density at radius 2 is 2.36 bits per heavy atom. The van der Waals surface area contributed by atoms with Crippen LogP contribution in [0.15, 0.2) is 17.5 Å². The predicted molar refractivity (Wildman–Crippen MR) is 48.1 cm³/mol. The van der Waals surface area contributed by atoms with Crippen LogP contribution in [0.4, 0.5) is 0 Å². The molecule has 1 heterocycles. The maximum atomic E-state index is 9.37. The van der Waals surface area contributed by atoms with E-state index >= 15 is 0 Å². The first-order valence-corrected chi connectivity index (χ1v) is 4.45. The summed E-state index contributed by atoms with van der Waals surface area (Å²) >= 11 is 1.50. The lowest BCUT2D eigenvalue weighted by Crippen LogP contribution is -2.33. The average Bonchev–Trinajstić information content (AvgIpc) is 2.35. The van der Waals surface area contributed by atoms with Gasteiger partial charge in [-0.1, -0.05) is 12.1 Å². The van der Waals surface area contributed by atoms with Gasteiger partial charge >= 0.3 is 7.12 Å². The lowest BCUT2D eigenvalue weighted by atomic mass is 9.88. The van der Waals surface area contributed by atoms with Crippen LogP contribution in [0, 0.1) is 0 Å². The summed E-state index contributed by atoms with van der Waals surface area (Å²) in [5, 5.41) is 11.3. The van der Waals surface area contributed by atoms with Gasteiger partial charge in [0, 0.05) is 10.9 Å². The van der Waals surface area contributed by atoms with E-state index in [0.717, 1.165) is 4.78 Å². The fourth-order valence-corrected chi connectivity index (χ4v) is 1.40. The minimum absolute atomic E-state index is 0.0621. The minimum Gasteiger partial charge on any atom is -0.423 e. The zero-order valence-corrected chi connectivity index (χ0v) is 7.47. The molecule has 0 unspecified atom stereocenters. The van der Waals surface area contributed by atoms with Gasteiger partial charge in [-0.2, -0.15) is 11.3 Å². The summed E-state index contributed by atoms with van der Waals surface area (Å²) in [5.74, 6) is 0. The molecule has 0 atom stereocenters. The molecular weight excluding hydrogens is 159 g/mol. The smallest absolute Gasteiger partial charge is 0.423 e. The van der Waals surface area contributed by atoms with Crippen molar-refractivity contribution in [1.82, 2.24) is 0 Å². The molecule has 1 rings (SSSR count). The molecule has 0 aliphatic heterocycles. The van der Waals surface area contributed by atoms with Gasteiger partial charge in [0.25, 0.3) is 0 Å². The first-order valence-electron chi connectivity index (χ1n) is 3.57. The van der Waals surface area contributed by atoms with Gasteiger partial charge in [0.05, 0.1) is 0 Å². The van der Waals surface area contributed by atoms with Crippen molar-refractivity contribution in [3.63, 3.8) is 0 Å². The van der Waals surface area contributed by atoms with Crippen LogP contribution in [0.1, 0.15) is 13.8 Å². The van der Waals surface area contributed by atoms with Crippen LogP contribution in [0.5, 0.6) is 0 Å². The normalized spacial score (nSPS) is 10.5. The van der Waals surface area contributed by atoms with Crippen LogP contribution in [-0.4, -0.2) is 18.2 Å².